The summed E-state index contributed by atoms with van der Waals surface area (Å²) >= 11 is 0. The predicted molar refractivity (Wildman–Crippen MR) is 77.5 cm³/mol. The molecule has 2 rings (SSSR count). The van der Waals surface area contributed by atoms with Crippen LogP contribution in [0.3, 0.4) is 0 Å². The summed E-state index contributed by atoms with van der Waals surface area (Å²) in [5, 5.41) is 3.03. The van der Waals surface area contributed by atoms with Gasteiger partial charge < -0.3 is 10.1 Å². The standard InChI is InChI=1S/C12H18N8O/c1-3-4-21-12-18-10(17-11(19-12)20-13)16-7-9-6-14-8(2)5-15-9/h5-6H,3-4,7,13H2,1-2H3,(H2,16,17,18,19,20). The first-order valence-corrected chi connectivity index (χ1v) is 6.58. The van der Waals surface area contributed by atoms with Gasteiger partial charge in [0.05, 0.1) is 30.7 Å². The van der Waals surface area contributed by atoms with E-state index in [9.17, 15) is 0 Å². The lowest BCUT2D eigenvalue weighted by Gasteiger charge is -2.08. The largest absolute Gasteiger partial charge is 0.463 e. The lowest BCUT2D eigenvalue weighted by molar-refractivity contribution is 0.292. The minimum absolute atomic E-state index is 0.220. The van der Waals surface area contributed by atoms with Crippen LogP contribution in [0, 0.1) is 6.92 Å². The Morgan fingerprint density at radius 2 is 1.95 bits per heavy atom. The summed E-state index contributed by atoms with van der Waals surface area (Å²) in [5.41, 5.74) is 4.02. The molecule has 0 aliphatic carbocycles. The number of nitrogens with two attached hydrogens (primary N) is 1. The molecule has 9 heteroatoms. The SMILES string of the molecule is CCCOc1nc(NN)nc(NCc2cnc(C)cn2)n1. The highest BCUT2D eigenvalue weighted by Crippen LogP contribution is 2.11. The fraction of sp³-hybridized carbons (Fsp3) is 0.417. The van der Waals surface area contributed by atoms with Crippen LogP contribution in [-0.2, 0) is 6.54 Å². The molecule has 0 unspecified atom stereocenters. The monoisotopic (exact) mass is 290 g/mol. The zero-order valence-corrected chi connectivity index (χ0v) is 12.0. The molecule has 0 bridgehead atoms. The summed E-state index contributed by atoms with van der Waals surface area (Å²) in [5.74, 6) is 5.92. The van der Waals surface area contributed by atoms with Crippen molar-refractivity contribution in [1.29, 1.82) is 0 Å². The number of hydrogen-bond donors (Lipinski definition) is 3. The molecule has 0 fully saturated rings. The van der Waals surface area contributed by atoms with Crippen LogP contribution < -0.4 is 21.3 Å². The van der Waals surface area contributed by atoms with Crippen molar-refractivity contribution < 1.29 is 4.74 Å². The molecule has 0 aliphatic heterocycles. The Labute approximate surface area is 122 Å². The van der Waals surface area contributed by atoms with Crippen molar-refractivity contribution in [3.8, 4) is 6.01 Å². The van der Waals surface area contributed by atoms with Gasteiger partial charge in [-0.05, 0) is 13.3 Å². The molecule has 112 valence electrons. The summed E-state index contributed by atoms with van der Waals surface area (Å²) in [6.45, 7) is 4.84. The van der Waals surface area contributed by atoms with Crippen LogP contribution in [0.15, 0.2) is 12.4 Å². The van der Waals surface area contributed by atoms with Crippen molar-refractivity contribution in [3.05, 3.63) is 23.8 Å². The van der Waals surface area contributed by atoms with Gasteiger partial charge in [0.2, 0.25) is 11.9 Å². The third-order valence-electron chi connectivity index (χ3n) is 2.44. The number of aromatic nitrogens is 5. The molecule has 0 radical (unpaired) electrons. The van der Waals surface area contributed by atoms with Gasteiger partial charge in [0, 0.05) is 6.20 Å². The summed E-state index contributed by atoms with van der Waals surface area (Å²) in [6, 6.07) is 0.220. The average molecular weight is 290 g/mol. The highest BCUT2D eigenvalue weighted by atomic mass is 16.5. The second kappa shape index (κ2) is 7.29. The van der Waals surface area contributed by atoms with E-state index in [1.165, 1.54) is 0 Å². The van der Waals surface area contributed by atoms with E-state index in [0.717, 1.165) is 17.8 Å². The van der Waals surface area contributed by atoms with Crippen LogP contribution in [0.25, 0.3) is 0 Å². The molecule has 4 N–H and O–H groups in total. The van der Waals surface area contributed by atoms with Crippen LogP contribution in [0.4, 0.5) is 11.9 Å². The molecule has 0 saturated heterocycles. The highest BCUT2D eigenvalue weighted by Gasteiger charge is 2.07. The van der Waals surface area contributed by atoms with Gasteiger partial charge in [-0.15, -0.1) is 0 Å². The molecule has 2 heterocycles. The molecule has 0 aromatic carbocycles. The zero-order valence-electron chi connectivity index (χ0n) is 12.0. The quantitative estimate of drug-likeness (QED) is 0.498. The number of hydrazine groups is 1. The lowest BCUT2D eigenvalue weighted by Crippen LogP contribution is -2.15. The van der Waals surface area contributed by atoms with Gasteiger partial charge in [-0.1, -0.05) is 6.92 Å². The zero-order chi connectivity index (χ0) is 15.1. The Balaban J connectivity index is 2.05. The molecule has 21 heavy (non-hydrogen) atoms. The van der Waals surface area contributed by atoms with Crippen LogP contribution in [0.5, 0.6) is 6.01 Å². The molecule has 0 aliphatic rings. The van der Waals surface area contributed by atoms with Gasteiger partial charge >= 0.3 is 6.01 Å². The van der Waals surface area contributed by atoms with E-state index in [4.69, 9.17) is 10.6 Å². The summed E-state index contributed by atoms with van der Waals surface area (Å²) in [6.07, 6.45) is 4.26. The number of anilines is 2. The maximum Gasteiger partial charge on any atom is 0.323 e. The number of ether oxygens (including phenoxy) is 1. The molecule has 9 nitrogen and oxygen atoms in total. The summed E-state index contributed by atoms with van der Waals surface area (Å²) in [7, 11) is 0. The Morgan fingerprint density at radius 1 is 1.14 bits per heavy atom. The molecular weight excluding hydrogens is 272 g/mol. The first-order valence-electron chi connectivity index (χ1n) is 6.58. The number of nitrogens with zero attached hydrogens (tertiary/aromatic N) is 5. The smallest absolute Gasteiger partial charge is 0.323 e. The Kier molecular flexibility index (Phi) is 5.16. The van der Waals surface area contributed by atoms with Crippen molar-refractivity contribution in [2.45, 2.75) is 26.8 Å². The first kappa shape index (κ1) is 14.9. The van der Waals surface area contributed by atoms with Gasteiger partial charge in [-0.3, -0.25) is 15.4 Å². The number of nitrogen functional groups attached to an aromatic ring is 1. The molecule has 2 aromatic heterocycles. The Hall–Kier alpha value is -2.55. The van der Waals surface area contributed by atoms with Crippen molar-refractivity contribution in [1.82, 2.24) is 24.9 Å². The third kappa shape index (κ3) is 4.49. The van der Waals surface area contributed by atoms with E-state index < -0.39 is 0 Å². The second-order valence-electron chi connectivity index (χ2n) is 4.26. The minimum Gasteiger partial charge on any atom is -0.463 e. The summed E-state index contributed by atoms with van der Waals surface area (Å²) in [4.78, 5) is 20.7. The van der Waals surface area contributed by atoms with Crippen LogP contribution in [0.1, 0.15) is 24.7 Å². The second-order valence-corrected chi connectivity index (χ2v) is 4.26. The maximum atomic E-state index is 5.38. The van der Waals surface area contributed by atoms with E-state index in [-0.39, 0.29) is 12.0 Å². The van der Waals surface area contributed by atoms with Gasteiger partial charge in [-0.2, -0.15) is 15.0 Å². The molecule has 0 atom stereocenters. The third-order valence-corrected chi connectivity index (χ3v) is 2.44. The van der Waals surface area contributed by atoms with E-state index in [1.54, 1.807) is 12.4 Å². The number of nitrogens with one attached hydrogen (secondary N) is 2. The fourth-order valence-corrected chi connectivity index (χ4v) is 1.44. The van der Waals surface area contributed by atoms with Gasteiger partial charge in [0.1, 0.15) is 0 Å². The van der Waals surface area contributed by atoms with Gasteiger partial charge in [0.25, 0.3) is 0 Å². The van der Waals surface area contributed by atoms with Crippen molar-refractivity contribution in [3.63, 3.8) is 0 Å². The average Bonchev–Trinajstić information content (AvgIpc) is 2.52. The molecule has 0 spiro atoms. The van der Waals surface area contributed by atoms with Gasteiger partial charge in [-0.25, -0.2) is 5.84 Å². The molecular formula is C12H18N8O. The predicted octanol–water partition coefficient (Wildman–Crippen LogP) is 0.657. The van der Waals surface area contributed by atoms with Crippen LogP contribution >= 0.6 is 0 Å². The number of aryl methyl sites for hydroxylation is 1. The minimum atomic E-state index is 0.220. The topological polar surface area (TPSA) is 124 Å². The van der Waals surface area contributed by atoms with E-state index >= 15 is 0 Å². The number of rotatable bonds is 7. The van der Waals surface area contributed by atoms with Crippen molar-refractivity contribution in [2.24, 2.45) is 5.84 Å². The van der Waals surface area contributed by atoms with Crippen molar-refractivity contribution >= 4 is 11.9 Å². The van der Waals surface area contributed by atoms with Gasteiger partial charge in [0.15, 0.2) is 0 Å². The van der Waals surface area contributed by atoms with E-state index in [0.29, 0.717) is 19.1 Å². The van der Waals surface area contributed by atoms with E-state index in [2.05, 4.69) is 35.7 Å². The normalized spacial score (nSPS) is 10.2. The molecule has 0 saturated carbocycles. The summed E-state index contributed by atoms with van der Waals surface area (Å²) < 4.78 is 5.38. The van der Waals surface area contributed by atoms with Crippen LogP contribution in [-0.4, -0.2) is 31.5 Å². The fourth-order valence-electron chi connectivity index (χ4n) is 1.44. The maximum absolute atomic E-state index is 5.38. The Bertz CT molecular complexity index is 574. The molecule has 0 amide bonds. The molecule has 2 aromatic rings. The van der Waals surface area contributed by atoms with Crippen LogP contribution in [0.2, 0.25) is 0 Å². The Morgan fingerprint density at radius 3 is 2.62 bits per heavy atom. The number of hydrogen-bond acceptors (Lipinski definition) is 9. The first-order chi connectivity index (χ1) is 10.2. The van der Waals surface area contributed by atoms with Crippen molar-refractivity contribution in [2.75, 3.05) is 17.3 Å². The highest BCUT2D eigenvalue weighted by molar-refractivity contribution is 5.35. The van der Waals surface area contributed by atoms with E-state index in [1.807, 2.05) is 13.8 Å². The lowest BCUT2D eigenvalue weighted by atomic mass is 10.4.